The molecule has 0 saturated heterocycles. The van der Waals surface area contributed by atoms with Crippen LogP contribution in [-0.2, 0) is 11.2 Å². The second-order valence-corrected chi connectivity index (χ2v) is 6.46. The zero-order valence-corrected chi connectivity index (χ0v) is 14.1. The third kappa shape index (κ3) is 3.38. The molecular formula is C19H22N2O3. The van der Waals surface area contributed by atoms with E-state index in [0.717, 1.165) is 43.4 Å². The first kappa shape index (κ1) is 16.4. The van der Waals surface area contributed by atoms with Crippen LogP contribution in [0.25, 0.3) is 6.08 Å². The van der Waals surface area contributed by atoms with Crippen molar-refractivity contribution in [1.29, 1.82) is 5.26 Å². The zero-order valence-electron chi connectivity index (χ0n) is 14.1. The predicted octanol–water partition coefficient (Wildman–Crippen LogP) is 2.98. The maximum atomic E-state index is 12.3. The number of nitrogens with one attached hydrogen (secondary N) is 1. The van der Waals surface area contributed by atoms with E-state index >= 15 is 0 Å². The van der Waals surface area contributed by atoms with Gasteiger partial charge in [-0.1, -0.05) is 12.8 Å². The lowest BCUT2D eigenvalue weighted by Crippen LogP contribution is -2.33. The summed E-state index contributed by atoms with van der Waals surface area (Å²) in [5, 5.41) is 12.3. The van der Waals surface area contributed by atoms with Crippen molar-refractivity contribution in [2.45, 2.75) is 51.2 Å². The van der Waals surface area contributed by atoms with E-state index in [2.05, 4.69) is 5.32 Å². The molecule has 1 aromatic carbocycles. The quantitative estimate of drug-likeness (QED) is 0.682. The number of amides is 1. The number of hydrogen-bond donors (Lipinski definition) is 1. The molecule has 1 aromatic rings. The van der Waals surface area contributed by atoms with Crippen LogP contribution < -0.4 is 14.8 Å². The second-order valence-electron chi connectivity index (χ2n) is 6.46. The lowest BCUT2D eigenvalue weighted by Gasteiger charge is -2.12. The maximum absolute atomic E-state index is 12.3. The summed E-state index contributed by atoms with van der Waals surface area (Å²) in [4.78, 5) is 12.3. The summed E-state index contributed by atoms with van der Waals surface area (Å²) >= 11 is 0. The number of hydrogen-bond acceptors (Lipinski definition) is 4. The van der Waals surface area contributed by atoms with Crippen molar-refractivity contribution in [2.24, 2.45) is 0 Å². The van der Waals surface area contributed by atoms with Crippen LogP contribution in [0.1, 0.15) is 43.7 Å². The van der Waals surface area contributed by atoms with Gasteiger partial charge in [-0.25, -0.2) is 0 Å². The topological polar surface area (TPSA) is 71.3 Å². The number of nitriles is 1. The standard InChI is InChI=1S/C19H22N2O3/c1-12-7-13-9-17(23-2)14(10-18(13)24-12)8-15(11-20)19(22)21-16-5-3-4-6-16/h8-10,12,16H,3-7H2,1-2H3,(H,21,22). The lowest BCUT2D eigenvalue weighted by atomic mass is 10.0. The first-order chi connectivity index (χ1) is 11.6. The predicted molar refractivity (Wildman–Crippen MR) is 90.8 cm³/mol. The van der Waals surface area contributed by atoms with E-state index in [-0.39, 0.29) is 23.6 Å². The molecule has 0 radical (unpaired) electrons. The molecule has 1 aliphatic heterocycles. The van der Waals surface area contributed by atoms with Gasteiger partial charge in [-0.15, -0.1) is 0 Å². The molecule has 3 rings (SSSR count). The van der Waals surface area contributed by atoms with Crippen molar-refractivity contribution in [3.63, 3.8) is 0 Å². The molecule has 1 unspecified atom stereocenters. The number of nitrogens with zero attached hydrogens (tertiary/aromatic N) is 1. The highest BCUT2D eigenvalue weighted by molar-refractivity contribution is 6.02. The molecule has 1 heterocycles. The highest BCUT2D eigenvalue weighted by atomic mass is 16.5. The van der Waals surface area contributed by atoms with E-state index in [4.69, 9.17) is 9.47 Å². The van der Waals surface area contributed by atoms with E-state index in [1.54, 1.807) is 13.2 Å². The van der Waals surface area contributed by atoms with Gasteiger partial charge >= 0.3 is 0 Å². The third-order valence-corrected chi connectivity index (χ3v) is 4.60. The number of carbonyl (C=O) groups is 1. The van der Waals surface area contributed by atoms with Gasteiger partial charge in [0.05, 0.1) is 7.11 Å². The Kier molecular flexibility index (Phi) is 4.75. The minimum atomic E-state index is -0.318. The second kappa shape index (κ2) is 6.96. The van der Waals surface area contributed by atoms with E-state index < -0.39 is 0 Å². The summed E-state index contributed by atoms with van der Waals surface area (Å²) in [6.45, 7) is 2.01. The van der Waals surface area contributed by atoms with Gasteiger partial charge in [-0.2, -0.15) is 5.26 Å². The van der Waals surface area contributed by atoms with Gasteiger partial charge in [0.1, 0.15) is 29.2 Å². The highest BCUT2D eigenvalue weighted by Gasteiger charge is 2.23. The number of benzene rings is 1. The van der Waals surface area contributed by atoms with Crippen molar-refractivity contribution >= 4 is 12.0 Å². The molecule has 1 saturated carbocycles. The van der Waals surface area contributed by atoms with Crippen LogP contribution in [0.15, 0.2) is 17.7 Å². The first-order valence-electron chi connectivity index (χ1n) is 8.41. The molecule has 1 amide bonds. The summed E-state index contributed by atoms with van der Waals surface area (Å²) in [5.74, 6) is 1.12. The van der Waals surface area contributed by atoms with Crippen LogP contribution in [0, 0.1) is 11.3 Å². The fraction of sp³-hybridized carbons (Fsp3) is 0.474. The third-order valence-electron chi connectivity index (χ3n) is 4.60. The maximum Gasteiger partial charge on any atom is 0.262 e. The van der Waals surface area contributed by atoms with Crippen LogP contribution in [0.4, 0.5) is 0 Å². The molecule has 0 aromatic heterocycles. The summed E-state index contributed by atoms with van der Waals surface area (Å²) in [7, 11) is 1.59. The Bertz CT molecular complexity index is 712. The number of fused-ring (bicyclic) bond motifs is 1. The average Bonchev–Trinajstić information content (AvgIpc) is 3.19. The molecule has 5 heteroatoms. The van der Waals surface area contributed by atoms with Crippen molar-refractivity contribution in [3.8, 4) is 17.6 Å². The van der Waals surface area contributed by atoms with Gasteiger partial charge in [0.25, 0.3) is 5.91 Å². The first-order valence-corrected chi connectivity index (χ1v) is 8.41. The Balaban J connectivity index is 1.86. The summed E-state index contributed by atoms with van der Waals surface area (Å²) in [6, 6.07) is 5.96. The minimum Gasteiger partial charge on any atom is -0.496 e. The van der Waals surface area contributed by atoms with Gasteiger partial charge in [-0.3, -0.25) is 4.79 Å². The smallest absolute Gasteiger partial charge is 0.262 e. The number of ether oxygens (including phenoxy) is 2. The number of methoxy groups -OCH3 is 1. The van der Waals surface area contributed by atoms with Crippen LogP contribution in [0.3, 0.4) is 0 Å². The lowest BCUT2D eigenvalue weighted by molar-refractivity contribution is -0.117. The largest absolute Gasteiger partial charge is 0.496 e. The van der Waals surface area contributed by atoms with Crippen molar-refractivity contribution < 1.29 is 14.3 Å². The minimum absolute atomic E-state index is 0.0891. The van der Waals surface area contributed by atoms with Crippen LogP contribution in [0.2, 0.25) is 0 Å². The monoisotopic (exact) mass is 326 g/mol. The van der Waals surface area contributed by atoms with Crippen LogP contribution in [0.5, 0.6) is 11.5 Å². The normalized spacial score (nSPS) is 20.2. The van der Waals surface area contributed by atoms with Crippen LogP contribution in [-0.4, -0.2) is 25.2 Å². The summed E-state index contributed by atoms with van der Waals surface area (Å²) in [6.07, 6.45) is 6.77. The van der Waals surface area contributed by atoms with Gasteiger partial charge in [-0.05, 0) is 38.0 Å². The molecule has 24 heavy (non-hydrogen) atoms. The highest BCUT2D eigenvalue weighted by Crippen LogP contribution is 2.36. The molecule has 0 bridgehead atoms. The Morgan fingerprint density at radius 2 is 2.17 bits per heavy atom. The Labute approximate surface area is 142 Å². The van der Waals surface area contributed by atoms with Crippen molar-refractivity contribution in [3.05, 3.63) is 28.8 Å². The van der Waals surface area contributed by atoms with E-state index in [1.165, 1.54) is 0 Å². The summed E-state index contributed by atoms with van der Waals surface area (Å²) in [5.41, 5.74) is 1.86. The number of rotatable bonds is 4. The van der Waals surface area contributed by atoms with Crippen molar-refractivity contribution in [1.82, 2.24) is 5.32 Å². The summed E-state index contributed by atoms with van der Waals surface area (Å²) < 4.78 is 11.2. The molecule has 0 spiro atoms. The molecule has 5 nitrogen and oxygen atoms in total. The molecule has 1 N–H and O–H groups in total. The average molecular weight is 326 g/mol. The van der Waals surface area contributed by atoms with Gasteiger partial charge in [0.2, 0.25) is 0 Å². The van der Waals surface area contributed by atoms with Crippen molar-refractivity contribution in [2.75, 3.05) is 7.11 Å². The number of carbonyl (C=O) groups excluding carboxylic acids is 1. The molecule has 2 aliphatic rings. The fourth-order valence-corrected chi connectivity index (χ4v) is 3.38. The van der Waals surface area contributed by atoms with Gasteiger partial charge in [0.15, 0.2) is 0 Å². The SMILES string of the molecule is COc1cc2c(cc1C=C(C#N)C(=O)NC1CCCC1)OC(C)C2. The van der Waals surface area contributed by atoms with E-state index in [0.29, 0.717) is 11.3 Å². The molecule has 1 aliphatic carbocycles. The molecule has 1 atom stereocenters. The Morgan fingerprint density at radius 1 is 1.42 bits per heavy atom. The molecule has 126 valence electrons. The van der Waals surface area contributed by atoms with E-state index in [1.807, 2.05) is 25.1 Å². The van der Waals surface area contributed by atoms with Gasteiger partial charge in [0, 0.05) is 23.6 Å². The molecular weight excluding hydrogens is 304 g/mol. The van der Waals surface area contributed by atoms with Crippen LogP contribution >= 0.6 is 0 Å². The molecule has 1 fully saturated rings. The zero-order chi connectivity index (χ0) is 17.1. The fourth-order valence-electron chi connectivity index (χ4n) is 3.38. The van der Waals surface area contributed by atoms with Gasteiger partial charge < -0.3 is 14.8 Å². The Hall–Kier alpha value is -2.48. The Morgan fingerprint density at radius 3 is 2.83 bits per heavy atom. The van der Waals surface area contributed by atoms with E-state index in [9.17, 15) is 10.1 Å².